The van der Waals surface area contributed by atoms with Crippen LogP contribution in [0.15, 0.2) is 0 Å². The Kier molecular flexibility index (Phi) is 6.23. The molecule has 0 aromatic heterocycles. The molecule has 2 atom stereocenters. The van der Waals surface area contributed by atoms with Crippen LogP contribution in [0.25, 0.3) is 0 Å². The van der Waals surface area contributed by atoms with E-state index in [2.05, 4.69) is 5.32 Å². The van der Waals surface area contributed by atoms with Gasteiger partial charge in [-0.15, -0.1) is 12.4 Å². The van der Waals surface area contributed by atoms with Gasteiger partial charge in [-0.05, 0) is 38.0 Å². The van der Waals surface area contributed by atoms with Gasteiger partial charge in [0.1, 0.15) is 0 Å². The van der Waals surface area contributed by atoms with Crippen molar-refractivity contribution in [3.8, 4) is 0 Å². The zero-order valence-electron chi connectivity index (χ0n) is 10.2. The van der Waals surface area contributed by atoms with Gasteiger partial charge in [-0.1, -0.05) is 0 Å². The molecule has 3 N–H and O–H groups in total. The van der Waals surface area contributed by atoms with E-state index in [-0.39, 0.29) is 30.5 Å². The van der Waals surface area contributed by atoms with E-state index >= 15 is 0 Å². The van der Waals surface area contributed by atoms with E-state index in [0.29, 0.717) is 18.9 Å². The normalized spacial score (nSPS) is 25.8. The largest absolute Gasteiger partial charge is 0.378 e. The third kappa shape index (κ3) is 4.82. The molecule has 2 fully saturated rings. The van der Waals surface area contributed by atoms with Crippen LogP contribution < -0.4 is 11.1 Å². The van der Waals surface area contributed by atoms with Crippen LogP contribution in [0, 0.1) is 5.92 Å². The predicted octanol–water partition coefficient (Wildman–Crippen LogP) is 1.22. The van der Waals surface area contributed by atoms with Gasteiger partial charge in [0, 0.05) is 19.2 Å². The maximum Gasteiger partial charge on any atom is 0.222 e. The summed E-state index contributed by atoms with van der Waals surface area (Å²) in [7, 11) is 0. The zero-order chi connectivity index (χ0) is 11.4. The minimum absolute atomic E-state index is 0. The summed E-state index contributed by atoms with van der Waals surface area (Å²) in [6.45, 7) is 1.36. The Morgan fingerprint density at radius 3 is 2.65 bits per heavy atom. The summed E-state index contributed by atoms with van der Waals surface area (Å²) in [5, 5.41) is 3.03. The van der Waals surface area contributed by atoms with Crippen molar-refractivity contribution in [1.29, 1.82) is 0 Å². The number of halogens is 1. The van der Waals surface area contributed by atoms with Crippen molar-refractivity contribution in [2.24, 2.45) is 11.7 Å². The van der Waals surface area contributed by atoms with Crippen molar-refractivity contribution in [3.05, 3.63) is 0 Å². The standard InChI is InChI=1S/C12H22N2O2.ClH/c13-8-11(9-4-5-9)14-12(15)7-10-3-1-2-6-16-10;/h9-11H,1-8,13H2,(H,14,15);1H. The van der Waals surface area contributed by atoms with Gasteiger partial charge in [0.05, 0.1) is 12.5 Å². The van der Waals surface area contributed by atoms with E-state index in [1.54, 1.807) is 0 Å². The van der Waals surface area contributed by atoms with Gasteiger partial charge in [-0.3, -0.25) is 4.79 Å². The van der Waals surface area contributed by atoms with Crippen molar-refractivity contribution in [2.75, 3.05) is 13.2 Å². The Labute approximate surface area is 109 Å². The van der Waals surface area contributed by atoms with E-state index in [0.717, 1.165) is 19.4 Å². The van der Waals surface area contributed by atoms with E-state index < -0.39 is 0 Å². The van der Waals surface area contributed by atoms with E-state index in [4.69, 9.17) is 10.5 Å². The van der Waals surface area contributed by atoms with Crippen molar-refractivity contribution in [3.63, 3.8) is 0 Å². The molecule has 0 aromatic rings. The molecule has 0 bridgehead atoms. The van der Waals surface area contributed by atoms with Gasteiger partial charge in [0.15, 0.2) is 0 Å². The number of amides is 1. The maximum absolute atomic E-state index is 11.8. The molecule has 2 aliphatic rings. The van der Waals surface area contributed by atoms with Crippen LogP contribution in [-0.2, 0) is 9.53 Å². The SMILES string of the molecule is Cl.NCC(NC(=O)CC1CCCCO1)C1CC1. The van der Waals surface area contributed by atoms with Gasteiger partial charge in [0.25, 0.3) is 0 Å². The average Bonchev–Trinajstić information content (AvgIpc) is 3.11. The second kappa shape index (κ2) is 7.19. The summed E-state index contributed by atoms with van der Waals surface area (Å²) in [6.07, 6.45) is 6.38. The highest BCUT2D eigenvalue weighted by Crippen LogP contribution is 2.32. The Balaban J connectivity index is 0.00000144. The first-order valence-electron chi connectivity index (χ1n) is 6.40. The Morgan fingerprint density at radius 1 is 1.35 bits per heavy atom. The zero-order valence-corrected chi connectivity index (χ0v) is 11.0. The van der Waals surface area contributed by atoms with Crippen molar-refractivity contribution >= 4 is 18.3 Å². The number of carbonyl (C=O) groups excluding carboxylic acids is 1. The number of hydrogen-bond donors (Lipinski definition) is 2. The fourth-order valence-corrected chi connectivity index (χ4v) is 2.31. The van der Waals surface area contributed by atoms with Crippen LogP contribution in [0.4, 0.5) is 0 Å². The fraction of sp³-hybridized carbons (Fsp3) is 0.917. The van der Waals surface area contributed by atoms with E-state index in [1.165, 1.54) is 19.3 Å². The summed E-state index contributed by atoms with van der Waals surface area (Å²) in [4.78, 5) is 11.8. The summed E-state index contributed by atoms with van der Waals surface area (Å²) < 4.78 is 5.55. The number of hydrogen-bond acceptors (Lipinski definition) is 3. The molecule has 100 valence electrons. The number of rotatable bonds is 5. The molecule has 2 unspecified atom stereocenters. The van der Waals surface area contributed by atoms with Crippen molar-refractivity contribution < 1.29 is 9.53 Å². The minimum Gasteiger partial charge on any atom is -0.378 e. The molecule has 0 aromatic carbocycles. The lowest BCUT2D eigenvalue weighted by Crippen LogP contribution is -2.43. The predicted molar refractivity (Wildman–Crippen MR) is 69.2 cm³/mol. The smallest absolute Gasteiger partial charge is 0.222 e. The molecule has 17 heavy (non-hydrogen) atoms. The Bertz CT molecular complexity index is 241. The Hall–Kier alpha value is -0.320. The third-order valence-electron chi connectivity index (χ3n) is 3.48. The third-order valence-corrected chi connectivity index (χ3v) is 3.48. The summed E-state index contributed by atoms with van der Waals surface area (Å²) >= 11 is 0. The highest BCUT2D eigenvalue weighted by molar-refractivity contribution is 5.85. The summed E-state index contributed by atoms with van der Waals surface area (Å²) in [6, 6.07) is 0.191. The molecular formula is C12H23ClN2O2. The van der Waals surface area contributed by atoms with Crippen LogP contribution >= 0.6 is 12.4 Å². The molecular weight excluding hydrogens is 240 g/mol. The van der Waals surface area contributed by atoms with Crippen molar-refractivity contribution in [1.82, 2.24) is 5.32 Å². The van der Waals surface area contributed by atoms with Gasteiger partial charge in [-0.2, -0.15) is 0 Å². The average molecular weight is 263 g/mol. The van der Waals surface area contributed by atoms with Crippen molar-refractivity contribution in [2.45, 2.75) is 50.7 Å². The number of nitrogens with one attached hydrogen (secondary N) is 1. The topological polar surface area (TPSA) is 64.3 Å². The molecule has 5 heteroatoms. The first-order chi connectivity index (χ1) is 7.79. The van der Waals surface area contributed by atoms with E-state index in [9.17, 15) is 4.79 Å². The highest BCUT2D eigenvalue weighted by Gasteiger charge is 2.31. The molecule has 1 saturated heterocycles. The minimum atomic E-state index is 0. The lowest BCUT2D eigenvalue weighted by Gasteiger charge is -2.23. The molecule has 1 heterocycles. The lowest BCUT2D eigenvalue weighted by molar-refractivity contribution is -0.125. The highest BCUT2D eigenvalue weighted by atomic mass is 35.5. The second-order valence-corrected chi connectivity index (χ2v) is 4.94. The van der Waals surface area contributed by atoms with Crippen LogP contribution in [0.5, 0.6) is 0 Å². The monoisotopic (exact) mass is 262 g/mol. The van der Waals surface area contributed by atoms with E-state index in [1.807, 2.05) is 0 Å². The summed E-state index contributed by atoms with van der Waals surface area (Å²) in [5.41, 5.74) is 5.65. The molecule has 1 aliphatic carbocycles. The molecule has 2 rings (SSSR count). The van der Waals surface area contributed by atoms with Crippen LogP contribution in [0.2, 0.25) is 0 Å². The first-order valence-corrected chi connectivity index (χ1v) is 6.40. The number of ether oxygens (including phenoxy) is 1. The number of nitrogens with two attached hydrogens (primary N) is 1. The van der Waals surface area contributed by atoms with Gasteiger partial charge in [0.2, 0.25) is 5.91 Å². The van der Waals surface area contributed by atoms with Gasteiger partial charge in [-0.25, -0.2) is 0 Å². The molecule has 4 nitrogen and oxygen atoms in total. The molecule has 1 saturated carbocycles. The molecule has 0 spiro atoms. The van der Waals surface area contributed by atoms with Crippen LogP contribution in [0.1, 0.15) is 38.5 Å². The second-order valence-electron chi connectivity index (χ2n) is 4.94. The summed E-state index contributed by atoms with van der Waals surface area (Å²) in [5.74, 6) is 0.732. The van der Waals surface area contributed by atoms with Crippen LogP contribution in [0.3, 0.4) is 0 Å². The number of carbonyl (C=O) groups is 1. The first kappa shape index (κ1) is 14.7. The lowest BCUT2D eigenvalue weighted by atomic mass is 10.1. The maximum atomic E-state index is 11.8. The molecule has 1 amide bonds. The molecule has 1 aliphatic heterocycles. The fourth-order valence-electron chi connectivity index (χ4n) is 2.31. The van der Waals surface area contributed by atoms with Gasteiger partial charge < -0.3 is 15.8 Å². The molecule has 0 radical (unpaired) electrons. The van der Waals surface area contributed by atoms with Crippen LogP contribution in [-0.4, -0.2) is 31.2 Å². The van der Waals surface area contributed by atoms with Gasteiger partial charge >= 0.3 is 0 Å². The quantitative estimate of drug-likeness (QED) is 0.783. The Morgan fingerprint density at radius 2 is 2.12 bits per heavy atom.